The van der Waals surface area contributed by atoms with E-state index in [1.807, 2.05) is 0 Å². The Labute approximate surface area is 132 Å². The lowest BCUT2D eigenvalue weighted by atomic mass is 10.3. The summed E-state index contributed by atoms with van der Waals surface area (Å²) in [6, 6.07) is 7.04. The van der Waals surface area contributed by atoms with E-state index >= 15 is 0 Å². The monoisotopic (exact) mass is 370 g/mol. The Morgan fingerprint density at radius 2 is 2.09 bits per heavy atom. The second-order valence-corrected chi connectivity index (χ2v) is 5.21. The van der Waals surface area contributed by atoms with Crippen LogP contribution in [0.25, 0.3) is 5.69 Å². The van der Waals surface area contributed by atoms with Gasteiger partial charge >= 0.3 is 11.8 Å². The summed E-state index contributed by atoms with van der Waals surface area (Å²) in [6.07, 6.45) is 0.566. The van der Waals surface area contributed by atoms with Crippen molar-refractivity contribution in [2.24, 2.45) is 5.73 Å². The lowest BCUT2D eigenvalue weighted by Gasteiger charge is -2.05. The van der Waals surface area contributed by atoms with Gasteiger partial charge in [-0.2, -0.15) is 5.10 Å². The largest absolute Gasteiger partial charge is 0.445 e. The minimum atomic E-state index is -1.02. The molecule has 2 N–H and O–H groups in total. The molecule has 0 saturated carbocycles. The fourth-order valence-corrected chi connectivity index (χ4v) is 1.96. The van der Waals surface area contributed by atoms with Crippen LogP contribution in [0, 0.1) is 0 Å². The summed E-state index contributed by atoms with van der Waals surface area (Å²) in [6.45, 7) is -0.491. The molecule has 1 aromatic carbocycles. The molecular weight excluding hydrogens is 359 g/mol. The lowest BCUT2D eigenvalue weighted by Crippen LogP contribution is -2.26. The Balaban J connectivity index is 2.19. The van der Waals surface area contributed by atoms with Gasteiger partial charge in [-0.15, -0.1) is 0 Å². The number of nitrogens with two attached hydrogens (primary N) is 1. The highest BCUT2D eigenvalue weighted by atomic mass is 79.9. The zero-order chi connectivity index (χ0) is 16.1. The van der Waals surface area contributed by atoms with E-state index in [1.165, 1.54) is 10.9 Å². The van der Waals surface area contributed by atoms with Crippen molar-refractivity contribution < 1.29 is 13.9 Å². The molecule has 1 amide bonds. The summed E-state index contributed by atoms with van der Waals surface area (Å²) < 4.78 is 20.5. The van der Waals surface area contributed by atoms with Crippen molar-refractivity contribution in [3.63, 3.8) is 0 Å². The highest BCUT2D eigenvalue weighted by Crippen LogP contribution is 2.12. The van der Waals surface area contributed by atoms with Gasteiger partial charge in [0.1, 0.15) is 12.9 Å². The molecule has 1 heterocycles. The molecule has 22 heavy (non-hydrogen) atoms. The fraction of sp³-hybridized carbons (Fsp3) is 0.154. The first-order valence-corrected chi connectivity index (χ1v) is 6.91. The van der Waals surface area contributed by atoms with Crippen molar-refractivity contribution in [1.82, 2.24) is 14.3 Å². The number of hydrogen-bond acceptors (Lipinski definition) is 4. The van der Waals surface area contributed by atoms with E-state index in [4.69, 9.17) is 5.73 Å². The molecule has 1 aromatic heterocycles. The van der Waals surface area contributed by atoms with Crippen LogP contribution in [0.3, 0.4) is 0 Å². The number of amides is 1. The third kappa shape index (κ3) is 3.82. The first-order chi connectivity index (χ1) is 10.5. The quantitative estimate of drug-likeness (QED) is 0.867. The van der Waals surface area contributed by atoms with E-state index in [9.17, 15) is 14.0 Å². The molecule has 0 radical (unpaired) electrons. The number of ether oxygens (including phenoxy) is 1. The summed E-state index contributed by atoms with van der Waals surface area (Å²) in [5.74, 6) is 0. The van der Waals surface area contributed by atoms with Crippen LogP contribution >= 0.6 is 15.9 Å². The van der Waals surface area contributed by atoms with Gasteiger partial charge in [0.2, 0.25) is 0 Å². The SMILES string of the molecule is NC(=O)OC/C(=C\F)Cn1ncn(-c2ccc(Br)cc2)c1=O. The molecule has 0 aliphatic heterocycles. The molecule has 9 heteroatoms. The first kappa shape index (κ1) is 16.0. The maximum Gasteiger partial charge on any atom is 0.404 e. The molecule has 7 nitrogen and oxygen atoms in total. The van der Waals surface area contributed by atoms with Gasteiger partial charge in [-0.1, -0.05) is 15.9 Å². The molecule has 0 aliphatic rings. The van der Waals surface area contributed by atoms with Crippen LogP contribution in [0.1, 0.15) is 0 Å². The maximum absolute atomic E-state index is 12.8. The van der Waals surface area contributed by atoms with Gasteiger partial charge in [-0.05, 0) is 24.3 Å². The smallest absolute Gasteiger partial charge is 0.404 e. The van der Waals surface area contributed by atoms with Crippen LogP contribution in [0.2, 0.25) is 0 Å². The maximum atomic E-state index is 12.8. The highest BCUT2D eigenvalue weighted by molar-refractivity contribution is 9.10. The topological polar surface area (TPSA) is 92.1 Å². The number of hydrogen-bond donors (Lipinski definition) is 1. The van der Waals surface area contributed by atoms with Crippen LogP contribution in [-0.2, 0) is 11.3 Å². The van der Waals surface area contributed by atoms with Gasteiger partial charge in [0.15, 0.2) is 0 Å². The number of carbonyl (C=O) groups excluding carboxylic acids is 1. The van der Waals surface area contributed by atoms with E-state index in [0.29, 0.717) is 5.69 Å². The average molecular weight is 371 g/mol. The molecule has 2 rings (SSSR count). The van der Waals surface area contributed by atoms with E-state index in [1.54, 1.807) is 24.3 Å². The molecular formula is C13H12BrFN4O3. The molecule has 0 spiro atoms. The Kier molecular flexibility index (Phi) is 5.10. The third-order valence-corrected chi connectivity index (χ3v) is 3.27. The number of rotatable bonds is 5. The van der Waals surface area contributed by atoms with Gasteiger partial charge in [0, 0.05) is 10.0 Å². The number of benzene rings is 1. The second kappa shape index (κ2) is 7.03. The number of carbonyl (C=O) groups is 1. The molecule has 0 unspecified atom stereocenters. The van der Waals surface area contributed by atoms with Gasteiger partial charge in [0.25, 0.3) is 0 Å². The Morgan fingerprint density at radius 1 is 1.41 bits per heavy atom. The zero-order valence-corrected chi connectivity index (χ0v) is 12.9. The van der Waals surface area contributed by atoms with Crippen LogP contribution in [0.5, 0.6) is 0 Å². The molecule has 2 aromatic rings. The molecule has 116 valence electrons. The predicted molar refractivity (Wildman–Crippen MR) is 80.3 cm³/mol. The first-order valence-electron chi connectivity index (χ1n) is 6.12. The molecule has 0 bridgehead atoms. The standard InChI is InChI=1S/C13H12BrFN4O3/c14-10-1-3-11(4-2-10)18-8-17-19(13(18)21)6-9(5-15)7-22-12(16)20/h1-5,8H,6-7H2,(H2,16,20)/b9-5-. The van der Waals surface area contributed by atoms with Crippen molar-refractivity contribution in [1.29, 1.82) is 0 Å². The van der Waals surface area contributed by atoms with Crippen LogP contribution in [0.4, 0.5) is 9.18 Å². The van der Waals surface area contributed by atoms with Crippen LogP contribution in [-0.4, -0.2) is 27.0 Å². The van der Waals surface area contributed by atoms with E-state index < -0.39 is 11.8 Å². The normalized spacial score (nSPS) is 11.5. The summed E-state index contributed by atoms with van der Waals surface area (Å²) in [5, 5.41) is 3.91. The highest BCUT2D eigenvalue weighted by Gasteiger charge is 2.10. The van der Waals surface area contributed by atoms with Gasteiger partial charge < -0.3 is 10.5 Å². The number of primary amides is 1. The van der Waals surface area contributed by atoms with Crippen molar-refractivity contribution in [3.05, 3.63) is 57.5 Å². The minimum Gasteiger partial charge on any atom is -0.445 e. The van der Waals surface area contributed by atoms with Crippen LogP contribution in [0.15, 0.2) is 51.8 Å². The van der Waals surface area contributed by atoms with E-state index in [0.717, 1.165) is 9.15 Å². The summed E-state index contributed by atoms with van der Waals surface area (Å²) in [5.41, 5.74) is 5.05. The van der Waals surface area contributed by atoms with Crippen molar-refractivity contribution in [2.75, 3.05) is 6.61 Å². The minimum absolute atomic E-state index is 0.0574. The summed E-state index contributed by atoms with van der Waals surface area (Å²) in [4.78, 5) is 22.7. The Morgan fingerprint density at radius 3 is 2.68 bits per heavy atom. The van der Waals surface area contributed by atoms with Crippen molar-refractivity contribution in [2.45, 2.75) is 6.54 Å². The van der Waals surface area contributed by atoms with Gasteiger partial charge in [-0.3, -0.25) is 0 Å². The number of aromatic nitrogens is 3. The molecule has 0 aliphatic carbocycles. The zero-order valence-electron chi connectivity index (χ0n) is 11.3. The average Bonchev–Trinajstić information content (AvgIpc) is 2.85. The van der Waals surface area contributed by atoms with E-state index in [2.05, 4.69) is 25.8 Å². The number of halogens is 2. The lowest BCUT2D eigenvalue weighted by molar-refractivity contribution is 0.164. The van der Waals surface area contributed by atoms with Crippen LogP contribution < -0.4 is 11.4 Å². The number of nitrogens with zero attached hydrogens (tertiary/aromatic N) is 3. The predicted octanol–water partition coefficient (Wildman–Crippen LogP) is 1.75. The second-order valence-electron chi connectivity index (χ2n) is 4.29. The Hall–Kier alpha value is -2.42. The van der Waals surface area contributed by atoms with Crippen molar-refractivity contribution >= 4 is 22.0 Å². The Bertz CT molecular complexity index is 751. The third-order valence-electron chi connectivity index (χ3n) is 2.75. The molecule has 0 fully saturated rings. The van der Waals surface area contributed by atoms with Gasteiger partial charge in [0.05, 0.1) is 18.6 Å². The fourth-order valence-electron chi connectivity index (χ4n) is 1.69. The van der Waals surface area contributed by atoms with Crippen molar-refractivity contribution in [3.8, 4) is 5.69 Å². The summed E-state index contributed by atoms with van der Waals surface area (Å²) in [7, 11) is 0. The molecule has 0 atom stereocenters. The van der Waals surface area contributed by atoms with Gasteiger partial charge in [-0.25, -0.2) is 23.2 Å². The molecule has 0 saturated heterocycles. The summed E-state index contributed by atoms with van der Waals surface area (Å²) >= 11 is 3.30. The van der Waals surface area contributed by atoms with E-state index in [-0.39, 0.29) is 25.1 Å².